The van der Waals surface area contributed by atoms with Crippen LogP contribution in [0, 0.1) is 0 Å². The first-order chi connectivity index (χ1) is 4.54. The normalized spacial score (nSPS) is 5.82. The Morgan fingerprint density at radius 2 is 1.09 bits per heavy atom. The fraction of sp³-hybridized carbons (Fsp3) is 0. The third-order valence-electron chi connectivity index (χ3n) is 0.402. The van der Waals surface area contributed by atoms with Crippen molar-refractivity contribution in [3.8, 4) is 0 Å². The van der Waals surface area contributed by atoms with Gasteiger partial charge in [-0.05, 0) is 12.2 Å². The molecule has 0 spiro atoms. The first-order valence-electron chi connectivity index (χ1n) is 2.38. The molecule has 0 rings (SSSR count). The molecule has 2 amide bonds. The zero-order valence-corrected chi connectivity index (χ0v) is 5.54. The van der Waals surface area contributed by atoms with Crippen LogP contribution in [-0.2, 0) is 9.59 Å². The third-order valence-corrected chi connectivity index (χ3v) is 0.402. The zero-order chi connectivity index (χ0) is 8.57. The molecule has 0 saturated heterocycles. The second kappa shape index (κ2) is 12.1. The fourth-order valence-electron chi connectivity index (χ4n) is 0. The van der Waals surface area contributed by atoms with E-state index in [1.54, 1.807) is 0 Å². The van der Waals surface area contributed by atoms with Gasteiger partial charge >= 0.3 is 29.6 Å². The minimum atomic E-state index is -0.481. The Morgan fingerprint density at radius 3 is 1.09 bits per heavy atom. The van der Waals surface area contributed by atoms with Crippen molar-refractivity contribution in [2.24, 2.45) is 11.5 Å². The molecule has 4 nitrogen and oxygen atoms in total. The molecule has 0 atom stereocenters. The predicted molar refractivity (Wildman–Crippen MR) is 45.9 cm³/mol. The van der Waals surface area contributed by atoms with Gasteiger partial charge in [0, 0.05) is 0 Å². The van der Waals surface area contributed by atoms with E-state index in [1.165, 1.54) is 0 Å². The maximum absolute atomic E-state index is 9.47. The average molecular weight is 166 g/mol. The molecule has 0 fully saturated rings. The first kappa shape index (κ1) is 16.8. The standard InChI is InChI=1S/2C3H5NO.Na.H/c2*1-2-3(4)5;;/h2*2H,1H2,(H2,4,5);;. The van der Waals surface area contributed by atoms with Crippen molar-refractivity contribution in [2.45, 2.75) is 0 Å². The van der Waals surface area contributed by atoms with Gasteiger partial charge in [-0.15, -0.1) is 0 Å². The summed E-state index contributed by atoms with van der Waals surface area (Å²) in [5.41, 5.74) is 9.07. The summed E-state index contributed by atoms with van der Waals surface area (Å²) in [7, 11) is 0. The van der Waals surface area contributed by atoms with E-state index in [1.807, 2.05) is 0 Å². The van der Waals surface area contributed by atoms with Gasteiger partial charge in [0.15, 0.2) is 0 Å². The monoisotopic (exact) mass is 166 g/mol. The second-order valence-electron chi connectivity index (χ2n) is 1.21. The summed E-state index contributed by atoms with van der Waals surface area (Å²) in [5.74, 6) is -0.963. The molecule has 11 heavy (non-hydrogen) atoms. The zero-order valence-electron chi connectivity index (χ0n) is 5.54. The van der Waals surface area contributed by atoms with E-state index in [0.717, 1.165) is 12.2 Å². The Bertz CT molecular complexity index is 139. The van der Waals surface area contributed by atoms with Crippen LogP contribution >= 0.6 is 0 Å². The van der Waals surface area contributed by atoms with E-state index in [9.17, 15) is 9.59 Å². The fourth-order valence-corrected chi connectivity index (χ4v) is 0. The van der Waals surface area contributed by atoms with E-state index in [0.29, 0.717) is 0 Å². The van der Waals surface area contributed by atoms with Crippen LogP contribution in [0.4, 0.5) is 0 Å². The van der Waals surface area contributed by atoms with Crippen LogP contribution in [0.1, 0.15) is 0 Å². The summed E-state index contributed by atoms with van der Waals surface area (Å²) in [6.07, 6.45) is 2.11. The van der Waals surface area contributed by atoms with Crippen LogP contribution in [0.2, 0.25) is 0 Å². The summed E-state index contributed by atoms with van der Waals surface area (Å²) >= 11 is 0. The summed E-state index contributed by atoms with van der Waals surface area (Å²) in [6.45, 7) is 6.17. The molecule has 0 aliphatic carbocycles. The van der Waals surface area contributed by atoms with Crippen molar-refractivity contribution >= 4 is 41.4 Å². The van der Waals surface area contributed by atoms with Gasteiger partial charge in [-0.3, -0.25) is 9.59 Å². The predicted octanol–water partition coefficient (Wildman–Crippen LogP) is -1.33. The Kier molecular flexibility index (Phi) is 18.5. The molecule has 0 bridgehead atoms. The van der Waals surface area contributed by atoms with Gasteiger partial charge in [0.05, 0.1) is 0 Å². The summed E-state index contributed by atoms with van der Waals surface area (Å²) in [6, 6.07) is 0. The molecular weight excluding hydrogens is 155 g/mol. The van der Waals surface area contributed by atoms with E-state index >= 15 is 0 Å². The third kappa shape index (κ3) is 44.3. The molecular formula is C6H11N2NaO2. The number of nitrogens with two attached hydrogens (primary N) is 2. The number of amides is 2. The van der Waals surface area contributed by atoms with Crippen LogP contribution in [0.5, 0.6) is 0 Å². The van der Waals surface area contributed by atoms with Crippen LogP contribution in [0.15, 0.2) is 25.3 Å². The number of hydrogen-bond donors (Lipinski definition) is 2. The molecule has 5 heteroatoms. The van der Waals surface area contributed by atoms with Gasteiger partial charge in [0.25, 0.3) is 0 Å². The number of carbonyl (C=O) groups excluding carboxylic acids is 2. The number of primary amides is 2. The molecule has 0 radical (unpaired) electrons. The molecule has 0 aliphatic heterocycles. The van der Waals surface area contributed by atoms with Gasteiger partial charge in [-0.25, -0.2) is 0 Å². The van der Waals surface area contributed by atoms with Gasteiger partial charge in [0.1, 0.15) is 0 Å². The molecule has 0 aromatic carbocycles. The maximum atomic E-state index is 9.47. The number of carbonyl (C=O) groups is 2. The van der Waals surface area contributed by atoms with Crippen LogP contribution in [0.3, 0.4) is 0 Å². The number of rotatable bonds is 2. The van der Waals surface area contributed by atoms with E-state index < -0.39 is 11.8 Å². The quantitative estimate of drug-likeness (QED) is 0.393. The van der Waals surface area contributed by atoms with Crippen molar-refractivity contribution in [2.75, 3.05) is 0 Å². The average Bonchev–Trinajstić information content (AvgIpc) is 1.89. The number of hydrogen-bond acceptors (Lipinski definition) is 2. The summed E-state index contributed by atoms with van der Waals surface area (Å²) in [4.78, 5) is 18.9. The molecule has 0 heterocycles. The molecule has 0 saturated carbocycles. The first-order valence-corrected chi connectivity index (χ1v) is 2.38. The van der Waals surface area contributed by atoms with Crippen molar-refractivity contribution in [3.63, 3.8) is 0 Å². The van der Waals surface area contributed by atoms with Gasteiger partial charge in [-0.2, -0.15) is 0 Å². The van der Waals surface area contributed by atoms with Crippen molar-refractivity contribution in [1.82, 2.24) is 0 Å². The van der Waals surface area contributed by atoms with Crippen molar-refractivity contribution < 1.29 is 9.59 Å². The molecule has 0 aromatic heterocycles. The Labute approximate surface area is 87.6 Å². The van der Waals surface area contributed by atoms with Crippen LogP contribution < -0.4 is 11.5 Å². The molecule has 0 aromatic rings. The van der Waals surface area contributed by atoms with Crippen molar-refractivity contribution in [3.05, 3.63) is 25.3 Å². The van der Waals surface area contributed by atoms with Gasteiger partial charge in [-0.1, -0.05) is 13.2 Å². The van der Waals surface area contributed by atoms with E-state index in [2.05, 4.69) is 24.6 Å². The van der Waals surface area contributed by atoms with E-state index in [4.69, 9.17) is 0 Å². The van der Waals surface area contributed by atoms with Crippen LogP contribution in [-0.4, -0.2) is 41.4 Å². The Morgan fingerprint density at radius 1 is 1.00 bits per heavy atom. The Hall–Kier alpha value is -0.580. The van der Waals surface area contributed by atoms with E-state index in [-0.39, 0.29) is 29.6 Å². The minimum absolute atomic E-state index is 0. The van der Waals surface area contributed by atoms with Crippen LogP contribution in [0.25, 0.3) is 0 Å². The molecule has 0 unspecified atom stereocenters. The van der Waals surface area contributed by atoms with Gasteiger partial charge < -0.3 is 11.5 Å². The molecule has 0 aliphatic rings. The topological polar surface area (TPSA) is 86.2 Å². The summed E-state index contributed by atoms with van der Waals surface area (Å²) < 4.78 is 0. The van der Waals surface area contributed by atoms with Gasteiger partial charge in [0.2, 0.25) is 11.8 Å². The summed E-state index contributed by atoms with van der Waals surface area (Å²) in [5, 5.41) is 0. The molecule has 4 N–H and O–H groups in total. The Balaban J connectivity index is -0.000000107. The molecule has 58 valence electrons. The van der Waals surface area contributed by atoms with Crippen molar-refractivity contribution in [1.29, 1.82) is 0 Å². The SMILES string of the molecule is C=CC(N)=O.C=CC(N)=O.[NaH]. The second-order valence-corrected chi connectivity index (χ2v) is 1.21.